The summed E-state index contributed by atoms with van der Waals surface area (Å²) in [6, 6.07) is 14.2. The van der Waals surface area contributed by atoms with E-state index in [-0.39, 0.29) is 0 Å². The fourth-order valence-corrected chi connectivity index (χ4v) is 1.96. The highest BCUT2D eigenvalue weighted by Gasteiger charge is 1.96. The van der Waals surface area contributed by atoms with Crippen LogP contribution in [0.4, 0.5) is 11.4 Å². The molecule has 2 aromatic carbocycles. The number of hydrogen-bond donors (Lipinski definition) is 2. The number of anilines is 2. The SMILES string of the molecule is CN(C)c1ccc(/C=C/c2ccc(N)c(S)c2)cc1. The van der Waals surface area contributed by atoms with E-state index >= 15 is 0 Å². The summed E-state index contributed by atoms with van der Waals surface area (Å²) in [6.45, 7) is 0. The molecule has 0 unspecified atom stereocenters. The number of nitrogens with two attached hydrogens (primary N) is 1. The van der Waals surface area contributed by atoms with Gasteiger partial charge < -0.3 is 10.6 Å². The molecular formula is C16H18N2S. The van der Waals surface area contributed by atoms with E-state index in [4.69, 9.17) is 5.73 Å². The molecule has 0 saturated carbocycles. The maximum Gasteiger partial charge on any atom is 0.0450 e. The van der Waals surface area contributed by atoms with Crippen molar-refractivity contribution < 1.29 is 0 Å². The van der Waals surface area contributed by atoms with Crippen LogP contribution in [-0.4, -0.2) is 14.1 Å². The second kappa shape index (κ2) is 5.85. The third-order valence-corrected chi connectivity index (χ3v) is 3.32. The molecule has 0 amide bonds. The molecule has 19 heavy (non-hydrogen) atoms. The highest BCUT2D eigenvalue weighted by molar-refractivity contribution is 7.80. The first-order chi connectivity index (χ1) is 9.06. The smallest absolute Gasteiger partial charge is 0.0450 e. The first-order valence-electron chi connectivity index (χ1n) is 6.10. The first kappa shape index (κ1) is 13.6. The molecule has 0 aliphatic rings. The summed E-state index contributed by atoms with van der Waals surface area (Å²) in [5, 5.41) is 0. The summed E-state index contributed by atoms with van der Waals surface area (Å²) >= 11 is 4.32. The van der Waals surface area contributed by atoms with Gasteiger partial charge >= 0.3 is 0 Å². The van der Waals surface area contributed by atoms with Gasteiger partial charge in [0, 0.05) is 30.4 Å². The highest BCUT2D eigenvalue weighted by Crippen LogP contribution is 2.20. The molecule has 2 nitrogen and oxygen atoms in total. The Balaban J connectivity index is 2.15. The fourth-order valence-electron chi connectivity index (χ4n) is 1.74. The second-order valence-corrected chi connectivity index (χ2v) is 5.12. The van der Waals surface area contributed by atoms with Crippen LogP contribution in [0.2, 0.25) is 0 Å². The normalized spacial score (nSPS) is 10.9. The van der Waals surface area contributed by atoms with E-state index in [0.29, 0.717) is 5.69 Å². The zero-order valence-corrected chi connectivity index (χ0v) is 12.1. The molecular weight excluding hydrogens is 252 g/mol. The van der Waals surface area contributed by atoms with E-state index in [0.717, 1.165) is 10.5 Å². The lowest BCUT2D eigenvalue weighted by atomic mass is 10.1. The molecule has 98 valence electrons. The molecule has 0 heterocycles. The topological polar surface area (TPSA) is 29.3 Å². The summed E-state index contributed by atoms with van der Waals surface area (Å²) in [6.07, 6.45) is 4.14. The van der Waals surface area contributed by atoms with Crippen LogP contribution in [0.3, 0.4) is 0 Å². The standard InChI is InChI=1S/C16H18N2S/c1-18(2)14-8-5-12(6-9-14)3-4-13-7-10-15(17)16(19)11-13/h3-11,19H,17H2,1-2H3/b4-3+. The Hall–Kier alpha value is -1.87. The molecule has 0 atom stereocenters. The van der Waals surface area contributed by atoms with Crippen LogP contribution in [0.25, 0.3) is 12.2 Å². The van der Waals surface area contributed by atoms with Gasteiger partial charge in [-0.3, -0.25) is 0 Å². The summed E-state index contributed by atoms with van der Waals surface area (Å²) in [7, 11) is 4.07. The minimum absolute atomic E-state index is 0.704. The Morgan fingerprint density at radius 2 is 1.53 bits per heavy atom. The molecule has 0 aromatic heterocycles. The molecule has 0 bridgehead atoms. The number of rotatable bonds is 3. The number of nitrogen functional groups attached to an aromatic ring is 1. The molecule has 0 radical (unpaired) electrons. The molecule has 3 heteroatoms. The zero-order chi connectivity index (χ0) is 13.8. The predicted molar refractivity (Wildman–Crippen MR) is 87.8 cm³/mol. The lowest BCUT2D eigenvalue weighted by Gasteiger charge is -2.11. The molecule has 0 saturated heterocycles. The van der Waals surface area contributed by atoms with Crippen LogP contribution in [0.5, 0.6) is 0 Å². The highest BCUT2D eigenvalue weighted by atomic mass is 32.1. The van der Waals surface area contributed by atoms with Crippen molar-refractivity contribution in [1.29, 1.82) is 0 Å². The van der Waals surface area contributed by atoms with Gasteiger partial charge in [-0.05, 0) is 35.4 Å². The molecule has 0 aliphatic carbocycles. The van der Waals surface area contributed by atoms with Crippen molar-refractivity contribution >= 4 is 36.2 Å². The van der Waals surface area contributed by atoms with E-state index in [1.165, 1.54) is 11.3 Å². The molecule has 2 aromatic rings. The van der Waals surface area contributed by atoms with Gasteiger partial charge in [0.1, 0.15) is 0 Å². The third-order valence-electron chi connectivity index (χ3n) is 2.93. The monoisotopic (exact) mass is 270 g/mol. The minimum Gasteiger partial charge on any atom is -0.398 e. The summed E-state index contributed by atoms with van der Waals surface area (Å²) in [5.74, 6) is 0. The van der Waals surface area contributed by atoms with Crippen molar-refractivity contribution in [2.24, 2.45) is 0 Å². The van der Waals surface area contributed by atoms with Gasteiger partial charge in [0.25, 0.3) is 0 Å². The third kappa shape index (κ3) is 3.55. The lowest BCUT2D eigenvalue weighted by molar-refractivity contribution is 1.13. The van der Waals surface area contributed by atoms with Crippen molar-refractivity contribution in [3.05, 3.63) is 53.6 Å². The van der Waals surface area contributed by atoms with Crippen LogP contribution in [0.1, 0.15) is 11.1 Å². The van der Waals surface area contributed by atoms with Crippen LogP contribution in [0.15, 0.2) is 47.4 Å². The van der Waals surface area contributed by atoms with Gasteiger partial charge in [-0.2, -0.15) is 0 Å². The maximum absolute atomic E-state index is 5.74. The fraction of sp³-hybridized carbons (Fsp3) is 0.125. The van der Waals surface area contributed by atoms with E-state index < -0.39 is 0 Å². The van der Waals surface area contributed by atoms with Gasteiger partial charge in [-0.1, -0.05) is 30.4 Å². The van der Waals surface area contributed by atoms with Gasteiger partial charge in [0.2, 0.25) is 0 Å². The van der Waals surface area contributed by atoms with Crippen molar-refractivity contribution in [2.75, 3.05) is 24.7 Å². The summed E-state index contributed by atoms with van der Waals surface area (Å²) in [5.41, 5.74) is 9.90. The zero-order valence-electron chi connectivity index (χ0n) is 11.2. The average Bonchev–Trinajstić information content (AvgIpc) is 2.40. The number of nitrogens with zero attached hydrogens (tertiary/aromatic N) is 1. The molecule has 0 aliphatic heterocycles. The van der Waals surface area contributed by atoms with Crippen molar-refractivity contribution in [1.82, 2.24) is 0 Å². The van der Waals surface area contributed by atoms with E-state index in [9.17, 15) is 0 Å². The Morgan fingerprint density at radius 3 is 2.11 bits per heavy atom. The van der Waals surface area contributed by atoms with Gasteiger partial charge in [0.05, 0.1) is 0 Å². The molecule has 0 spiro atoms. The van der Waals surface area contributed by atoms with Crippen LogP contribution in [0, 0.1) is 0 Å². The van der Waals surface area contributed by atoms with Gasteiger partial charge in [0.15, 0.2) is 0 Å². The predicted octanol–water partition coefficient (Wildman–Crippen LogP) is 3.79. The lowest BCUT2D eigenvalue weighted by Crippen LogP contribution is -2.07. The number of thiol groups is 1. The second-order valence-electron chi connectivity index (χ2n) is 4.64. The van der Waals surface area contributed by atoms with Crippen molar-refractivity contribution in [3.63, 3.8) is 0 Å². The summed E-state index contributed by atoms with van der Waals surface area (Å²) in [4.78, 5) is 2.89. The van der Waals surface area contributed by atoms with E-state index in [1.54, 1.807) is 0 Å². The Kier molecular flexibility index (Phi) is 4.17. The minimum atomic E-state index is 0.704. The Bertz CT molecular complexity index is 586. The van der Waals surface area contributed by atoms with Gasteiger partial charge in [-0.25, -0.2) is 0 Å². The molecule has 2 rings (SSSR count). The van der Waals surface area contributed by atoms with Crippen molar-refractivity contribution in [2.45, 2.75) is 4.90 Å². The Labute approximate surface area is 120 Å². The van der Waals surface area contributed by atoms with Crippen LogP contribution < -0.4 is 10.6 Å². The van der Waals surface area contributed by atoms with Gasteiger partial charge in [-0.15, -0.1) is 12.6 Å². The van der Waals surface area contributed by atoms with Crippen LogP contribution >= 0.6 is 12.6 Å². The summed E-state index contributed by atoms with van der Waals surface area (Å²) < 4.78 is 0. The Morgan fingerprint density at radius 1 is 0.947 bits per heavy atom. The van der Waals surface area contributed by atoms with E-state index in [2.05, 4.69) is 53.9 Å². The maximum atomic E-state index is 5.74. The first-order valence-corrected chi connectivity index (χ1v) is 6.55. The largest absolute Gasteiger partial charge is 0.398 e. The number of hydrogen-bond acceptors (Lipinski definition) is 3. The number of benzene rings is 2. The quantitative estimate of drug-likeness (QED) is 0.505. The van der Waals surface area contributed by atoms with Crippen LogP contribution in [-0.2, 0) is 0 Å². The molecule has 2 N–H and O–H groups in total. The molecule has 0 fully saturated rings. The average molecular weight is 270 g/mol. The van der Waals surface area contributed by atoms with E-state index in [1.807, 2.05) is 32.3 Å². The van der Waals surface area contributed by atoms with Crippen molar-refractivity contribution in [3.8, 4) is 0 Å².